The second-order valence-electron chi connectivity index (χ2n) is 5.76. The van der Waals surface area contributed by atoms with Crippen molar-refractivity contribution in [3.8, 4) is 17.0 Å². The highest BCUT2D eigenvalue weighted by atomic mass is 35.5. The average molecular weight is 411 g/mol. The second-order valence-corrected chi connectivity index (χ2v) is 5.76. The Morgan fingerprint density at radius 1 is 1.00 bits per heavy atom. The topological polar surface area (TPSA) is 73.1 Å². The van der Waals surface area contributed by atoms with Gasteiger partial charge in [0.05, 0.1) is 5.69 Å². The molecule has 0 saturated carbocycles. The molecule has 3 aromatic rings. The first-order valence-corrected chi connectivity index (χ1v) is 8.13. The zero-order valence-electron chi connectivity index (χ0n) is 14.6. The summed E-state index contributed by atoms with van der Waals surface area (Å²) in [5.41, 5.74) is 8.36. The Labute approximate surface area is 166 Å². The first kappa shape index (κ1) is 21.5. The summed E-state index contributed by atoms with van der Waals surface area (Å²) < 4.78 is 40.6. The van der Waals surface area contributed by atoms with E-state index < -0.39 is 6.36 Å². The molecule has 1 heterocycles. The molecule has 0 spiro atoms. The van der Waals surface area contributed by atoms with Crippen LogP contribution in [0.3, 0.4) is 0 Å². The molecule has 1 atom stereocenters. The van der Waals surface area contributed by atoms with E-state index in [4.69, 9.17) is 5.73 Å². The van der Waals surface area contributed by atoms with Crippen molar-refractivity contribution < 1.29 is 17.9 Å². The molecule has 0 aliphatic rings. The second kappa shape index (κ2) is 9.38. The van der Waals surface area contributed by atoms with Crippen LogP contribution in [0.15, 0.2) is 67.0 Å². The summed E-state index contributed by atoms with van der Waals surface area (Å²) in [5.74, 6) is 0.287. The van der Waals surface area contributed by atoms with Crippen LogP contribution in [0.4, 0.5) is 19.0 Å². The zero-order valence-corrected chi connectivity index (χ0v) is 15.4. The molecule has 3 N–H and O–H groups in total. The van der Waals surface area contributed by atoms with Gasteiger partial charge in [0.2, 0.25) is 0 Å². The van der Waals surface area contributed by atoms with Crippen molar-refractivity contribution in [2.75, 3.05) is 11.9 Å². The summed E-state index contributed by atoms with van der Waals surface area (Å²) in [6.45, 7) is 0.471. The molecule has 9 heteroatoms. The Kier molecular flexibility index (Phi) is 7.19. The highest BCUT2D eigenvalue weighted by molar-refractivity contribution is 5.85. The molecule has 0 radical (unpaired) electrons. The number of hydrogen-bond acceptors (Lipinski definition) is 5. The van der Waals surface area contributed by atoms with Crippen LogP contribution < -0.4 is 15.8 Å². The first-order chi connectivity index (χ1) is 12.9. The first-order valence-electron chi connectivity index (χ1n) is 8.13. The highest BCUT2D eigenvalue weighted by Crippen LogP contribution is 2.26. The number of ether oxygens (including phenoxy) is 1. The van der Waals surface area contributed by atoms with E-state index in [9.17, 15) is 13.2 Å². The monoisotopic (exact) mass is 410 g/mol. The molecule has 0 unspecified atom stereocenters. The molecular formula is C19H18ClF3N4O. The minimum Gasteiger partial charge on any atom is -0.406 e. The molecular weight excluding hydrogens is 393 g/mol. The van der Waals surface area contributed by atoms with E-state index in [0.717, 1.165) is 5.56 Å². The smallest absolute Gasteiger partial charge is 0.406 e. The largest absolute Gasteiger partial charge is 0.573 e. The van der Waals surface area contributed by atoms with Crippen molar-refractivity contribution in [2.45, 2.75) is 12.4 Å². The fourth-order valence-electron chi connectivity index (χ4n) is 2.47. The fourth-order valence-corrected chi connectivity index (χ4v) is 2.47. The number of rotatable bonds is 6. The van der Waals surface area contributed by atoms with Crippen LogP contribution in [0.1, 0.15) is 11.6 Å². The third kappa shape index (κ3) is 6.11. The lowest BCUT2D eigenvalue weighted by atomic mass is 10.1. The van der Waals surface area contributed by atoms with Gasteiger partial charge in [0, 0.05) is 24.2 Å². The summed E-state index contributed by atoms with van der Waals surface area (Å²) in [5, 5.41) is 3.15. The van der Waals surface area contributed by atoms with E-state index in [2.05, 4.69) is 20.0 Å². The zero-order chi connectivity index (χ0) is 19.3. The maximum Gasteiger partial charge on any atom is 0.573 e. The number of benzene rings is 2. The van der Waals surface area contributed by atoms with Crippen LogP contribution in [0.5, 0.6) is 5.75 Å². The summed E-state index contributed by atoms with van der Waals surface area (Å²) in [6, 6.07) is 16.6. The van der Waals surface area contributed by atoms with Gasteiger partial charge in [-0.3, -0.25) is 0 Å². The maximum absolute atomic E-state index is 12.2. The van der Waals surface area contributed by atoms with Crippen molar-refractivity contribution >= 4 is 18.2 Å². The predicted octanol–water partition coefficient (Wildman–Crippen LogP) is 4.58. The van der Waals surface area contributed by atoms with Gasteiger partial charge in [-0.1, -0.05) is 30.3 Å². The standard InChI is InChI=1S/C19H17F3N4O.ClH/c20-19(21,22)27-15-8-6-14(7-9-15)17-10-18(26-12-25-17)24-11-16(23)13-4-2-1-3-5-13;/h1-10,12,16H,11,23H2,(H,24,25,26);1H/t16-;/m0./s1. The van der Waals surface area contributed by atoms with Crippen LogP contribution in [0, 0.1) is 0 Å². The lowest BCUT2D eigenvalue weighted by Crippen LogP contribution is -2.20. The molecule has 0 amide bonds. The summed E-state index contributed by atoms with van der Waals surface area (Å²) in [7, 11) is 0. The number of hydrogen-bond donors (Lipinski definition) is 2. The minimum absolute atomic E-state index is 0. The van der Waals surface area contributed by atoms with Crippen LogP contribution in [0.2, 0.25) is 0 Å². The summed E-state index contributed by atoms with van der Waals surface area (Å²) in [4.78, 5) is 8.30. The maximum atomic E-state index is 12.2. The Morgan fingerprint density at radius 3 is 2.32 bits per heavy atom. The molecule has 0 aliphatic heterocycles. The average Bonchev–Trinajstić information content (AvgIpc) is 2.66. The van der Waals surface area contributed by atoms with Gasteiger partial charge >= 0.3 is 6.36 Å². The lowest BCUT2D eigenvalue weighted by molar-refractivity contribution is -0.274. The van der Waals surface area contributed by atoms with Crippen molar-refractivity contribution in [1.82, 2.24) is 9.97 Å². The van der Waals surface area contributed by atoms with Crippen molar-refractivity contribution in [3.63, 3.8) is 0 Å². The molecule has 1 aromatic heterocycles. The number of nitrogens with one attached hydrogen (secondary N) is 1. The number of nitrogens with two attached hydrogens (primary N) is 1. The van der Waals surface area contributed by atoms with Gasteiger partial charge in [-0.05, 0) is 29.8 Å². The summed E-state index contributed by atoms with van der Waals surface area (Å²) in [6.07, 6.45) is -3.34. The Balaban J connectivity index is 0.00000280. The van der Waals surface area contributed by atoms with Crippen LogP contribution in [0.25, 0.3) is 11.3 Å². The molecule has 5 nitrogen and oxygen atoms in total. The van der Waals surface area contributed by atoms with E-state index in [0.29, 0.717) is 23.6 Å². The van der Waals surface area contributed by atoms with Gasteiger partial charge in [-0.25, -0.2) is 9.97 Å². The van der Waals surface area contributed by atoms with Gasteiger partial charge in [0.1, 0.15) is 17.9 Å². The number of halogens is 4. The molecule has 0 fully saturated rings. The van der Waals surface area contributed by atoms with E-state index in [1.807, 2.05) is 30.3 Å². The van der Waals surface area contributed by atoms with E-state index in [-0.39, 0.29) is 24.2 Å². The van der Waals surface area contributed by atoms with Gasteiger partial charge in [-0.15, -0.1) is 25.6 Å². The Bertz CT molecular complexity index is 876. The highest BCUT2D eigenvalue weighted by Gasteiger charge is 2.30. The third-order valence-electron chi connectivity index (χ3n) is 3.78. The number of anilines is 1. The molecule has 3 rings (SSSR count). The number of alkyl halides is 3. The lowest BCUT2D eigenvalue weighted by Gasteiger charge is -2.14. The Morgan fingerprint density at radius 2 is 1.68 bits per heavy atom. The predicted molar refractivity (Wildman–Crippen MR) is 103 cm³/mol. The minimum atomic E-state index is -4.72. The SMILES string of the molecule is Cl.N[C@@H](CNc1cc(-c2ccc(OC(F)(F)F)cc2)ncn1)c1ccccc1. The van der Waals surface area contributed by atoms with Gasteiger partial charge in [0.15, 0.2) is 0 Å². The molecule has 28 heavy (non-hydrogen) atoms. The van der Waals surface area contributed by atoms with E-state index in [1.165, 1.54) is 30.6 Å². The van der Waals surface area contributed by atoms with Crippen LogP contribution in [-0.4, -0.2) is 22.9 Å². The van der Waals surface area contributed by atoms with Crippen LogP contribution in [-0.2, 0) is 0 Å². The molecule has 148 valence electrons. The normalized spacial score (nSPS) is 12.0. The van der Waals surface area contributed by atoms with Gasteiger partial charge < -0.3 is 15.8 Å². The van der Waals surface area contributed by atoms with Crippen molar-refractivity contribution in [2.24, 2.45) is 5.73 Å². The number of nitrogens with zero attached hydrogens (tertiary/aromatic N) is 2. The third-order valence-corrected chi connectivity index (χ3v) is 3.78. The Hall–Kier alpha value is -2.84. The molecule has 0 aliphatic carbocycles. The van der Waals surface area contributed by atoms with Gasteiger partial charge in [0.25, 0.3) is 0 Å². The van der Waals surface area contributed by atoms with E-state index >= 15 is 0 Å². The van der Waals surface area contributed by atoms with E-state index in [1.54, 1.807) is 6.07 Å². The molecule has 0 bridgehead atoms. The summed E-state index contributed by atoms with van der Waals surface area (Å²) >= 11 is 0. The molecule has 2 aromatic carbocycles. The van der Waals surface area contributed by atoms with Crippen LogP contribution >= 0.6 is 12.4 Å². The molecule has 0 saturated heterocycles. The van der Waals surface area contributed by atoms with Crippen molar-refractivity contribution in [3.05, 3.63) is 72.6 Å². The van der Waals surface area contributed by atoms with Gasteiger partial charge in [-0.2, -0.15) is 0 Å². The quantitative estimate of drug-likeness (QED) is 0.622. The van der Waals surface area contributed by atoms with Crippen molar-refractivity contribution in [1.29, 1.82) is 0 Å². The fraction of sp³-hybridized carbons (Fsp3) is 0.158. The number of aromatic nitrogens is 2.